The van der Waals surface area contributed by atoms with Crippen molar-refractivity contribution in [1.29, 1.82) is 0 Å². The van der Waals surface area contributed by atoms with E-state index in [0.717, 1.165) is 26.1 Å². The summed E-state index contributed by atoms with van der Waals surface area (Å²) < 4.78 is 2.48. The van der Waals surface area contributed by atoms with Gasteiger partial charge in [0, 0.05) is 34.9 Å². The molecule has 1 atom stereocenters. The van der Waals surface area contributed by atoms with Crippen LogP contribution in [0.5, 0.6) is 0 Å². The molecule has 0 bridgehead atoms. The molecule has 0 spiro atoms. The van der Waals surface area contributed by atoms with Crippen LogP contribution in [0, 0.1) is 5.92 Å². The number of allylic oxidation sites excluding steroid dienone is 1. The second-order valence-corrected chi connectivity index (χ2v) is 6.68. The van der Waals surface area contributed by atoms with E-state index in [0.29, 0.717) is 5.92 Å². The predicted molar refractivity (Wildman–Crippen MR) is 106 cm³/mol. The summed E-state index contributed by atoms with van der Waals surface area (Å²) in [5.41, 5.74) is 4.17. The fourth-order valence-corrected chi connectivity index (χ4v) is 3.49. The molecule has 0 aliphatic carbocycles. The lowest BCUT2D eigenvalue weighted by molar-refractivity contribution is 0.466. The van der Waals surface area contributed by atoms with Crippen LogP contribution in [0.15, 0.2) is 60.2 Å². The summed E-state index contributed by atoms with van der Waals surface area (Å²) in [7, 11) is 0. The summed E-state index contributed by atoms with van der Waals surface area (Å²) in [6, 6.07) is 17.5. The van der Waals surface area contributed by atoms with Gasteiger partial charge < -0.3 is 9.88 Å². The van der Waals surface area contributed by atoms with Gasteiger partial charge in [-0.3, -0.25) is 0 Å². The highest BCUT2D eigenvalue weighted by atomic mass is 15.0. The van der Waals surface area contributed by atoms with E-state index in [4.69, 9.17) is 0 Å². The minimum atomic E-state index is 0.583. The number of benzene rings is 2. The number of hydrogen-bond donors (Lipinski definition) is 1. The van der Waals surface area contributed by atoms with Crippen molar-refractivity contribution in [1.82, 2.24) is 9.88 Å². The Morgan fingerprint density at radius 1 is 1.04 bits per heavy atom. The molecule has 1 unspecified atom stereocenters. The average molecular weight is 320 g/mol. The van der Waals surface area contributed by atoms with Gasteiger partial charge >= 0.3 is 0 Å². The predicted octanol–water partition coefficient (Wildman–Crippen LogP) is 5.38. The van der Waals surface area contributed by atoms with Crippen molar-refractivity contribution < 1.29 is 0 Å². The maximum atomic E-state index is 3.61. The van der Waals surface area contributed by atoms with Crippen LogP contribution in [0.4, 0.5) is 0 Å². The Kier molecular flexibility index (Phi) is 5.37. The third kappa shape index (κ3) is 3.39. The minimum Gasteiger partial charge on any atom is -0.340 e. The molecule has 1 aromatic heterocycles. The molecule has 1 N–H and O–H groups in total. The van der Waals surface area contributed by atoms with Gasteiger partial charge in [-0.05, 0) is 37.9 Å². The molecular weight excluding hydrogens is 292 g/mol. The second kappa shape index (κ2) is 7.67. The fraction of sp³-hybridized carbons (Fsp3) is 0.364. The smallest absolute Gasteiger partial charge is 0.0491 e. The van der Waals surface area contributed by atoms with Crippen molar-refractivity contribution in [2.24, 2.45) is 5.92 Å². The highest BCUT2D eigenvalue weighted by Gasteiger charge is 2.12. The Bertz CT molecular complexity index is 788. The Balaban J connectivity index is 1.79. The third-order valence-electron chi connectivity index (χ3n) is 4.88. The summed E-state index contributed by atoms with van der Waals surface area (Å²) >= 11 is 0. The quantitative estimate of drug-likeness (QED) is 0.579. The van der Waals surface area contributed by atoms with Gasteiger partial charge in [0.15, 0.2) is 0 Å². The van der Waals surface area contributed by atoms with Gasteiger partial charge in [0.25, 0.3) is 0 Å². The van der Waals surface area contributed by atoms with Crippen molar-refractivity contribution in [2.75, 3.05) is 13.1 Å². The van der Waals surface area contributed by atoms with E-state index in [2.05, 4.69) is 85.3 Å². The van der Waals surface area contributed by atoms with E-state index in [1.165, 1.54) is 27.4 Å². The minimum absolute atomic E-state index is 0.583. The third-order valence-corrected chi connectivity index (χ3v) is 4.88. The maximum absolute atomic E-state index is 3.61. The zero-order valence-electron chi connectivity index (χ0n) is 15.0. The van der Waals surface area contributed by atoms with Crippen molar-refractivity contribution in [3.05, 3.63) is 60.2 Å². The first kappa shape index (κ1) is 16.8. The molecule has 0 aliphatic heterocycles. The molecule has 0 fully saturated rings. The molecule has 2 heteroatoms. The highest BCUT2D eigenvalue weighted by Crippen LogP contribution is 2.29. The fourth-order valence-electron chi connectivity index (χ4n) is 3.49. The van der Waals surface area contributed by atoms with Crippen molar-refractivity contribution >= 4 is 21.8 Å². The summed E-state index contributed by atoms with van der Waals surface area (Å²) in [5.74, 6) is 0.583. The summed E-state index contributed by atoms with van der Waals surface area (Å²) in [4.78, 5) is 0. The van der Waals surface area contributed by atoms with E-state index >= 15 is 0 Å². The number of nitrogens with zero attached hydrogens (tertiary/aromatic N) is 1. The van der Waals surface area contributed by atoms with Crippen LogP contribution in [0.25, 0.3) is 21.8 Å². The molecule has 0 saturated heterocycles. The lowest BCUT2D eigenvalue weighted by Gasteiger charge is -2.16. The second-order valence-electron chi connectivity index (χ2n) is 6.68. The van der Waals surface area contributed by atoms with Crippen molar-refractivity contribution in [3.8, 4) is 0 Å². The van der Waals surface area contributed by atoms with Gasteiger partial charge in [-0.15, -0.1) is 0 Å². The number of fused-ring (bicyclic) bond motifs is 3. The van der Waals surface area contributed by atoms with Gasteiger partial charge in [-0.25, -0.2) is 0 Å². The summed E-state index contributed by atoms with van der Waals surface area (Å²) in [5, 5.41) is 6.33. The topological polar surface area (TPSA) is 17.0 Å². The zero-order chi connectivity index (χ0) is 16.9. The molecule has 3 aromatic rings. The summed E-state index contributed by atoms with van der Waals surface area (Å²) in [6.45, 7) is 9.76. The maximum Gasteiger partial charge on any atom is 0.0491 e. The summed E-state index contributed by atoms with van der Waals surface area (Å²) in [6.07, 6.45) is 3.36. The average Bonchev–Trinajstić information content (AvgIpc) is 2.93. The van der Waals surface area contributed by atoms with E-state index in [1.807, 2.05) is 0 Å². The zero-order valence-corrected chi connectivity index (χ0v) is 15.0. The number of hydrogen-bond acceptors (Lipinski definition) is 1. The molecule has 0 amide bonds. The molecule has 0 radical (unpaired) electrons. The molecule has 2 aromatic carbocycles. The lowest BCUT2D eigenvalue weighted by atomic mass is 10.1. The number of para-hydroxylation sites is 2. The Labute approximate surface area is 145 Å². The van der Waals surface area contributed by atoms with E-state index < -0.39 is 0 Å². The molecule has 0 aliphatic rings. The van der Waals surface area contributed by atoms with Crippen LogP contribution in [0.1, 0.15) is 27.2 Å². The van der Waals surface area contributed by atoms with Gasteiger partial charge in [0.1, 0.15) is 0 Å². The lowest BCUT2D eigenvalue weighted by Crippen LogP contribution is -2.25. The van der Waals surface area contributed by atoms with Crippen LogP contribution < -0.4 is 5.32 Å². The Morgan fingerprint density at radius 3 is 2.17 bits per heavy atom. The first-order chi connectivity index (χ1) is 11.7. The van der Waals surface area contributed by atoms with Crippen LogP contribution in [0.3, 0.4) is 0 Å². The molecule has 126 valence electrons. The monoisotopic (exact) mass is 320 g/mol. The van der Waals surface area contributed by atoms with Crippen LogP contribution in [0.2, 0.25) is 0 Å². The van der Waals surface area contributed by atoms with Gasteiger partial charge in [0.05, 0.1) is 0 Å². The largest absolute Gasteiger partial charge is 0.340 e. The Hall–Kier alpha value is -2.06. The first-order valence-corrected chi connectivity index (χ1v) is 9.05. The van der Waals surface area contributed by atoms with Crippen molar-refractivity contribution in [2.45, 2.75) is 33.7 Å². The molecule has 24 heavy (non-hydrogen) atoms. The van der Waals surface area contributed by atoms with Gasteiger partial charge in [-0.1, -0.05) is 61.9 Å². The van der Waals surface area contributed by atoms with E-state index in [1.54, 1.807) is 0 Å². The van der Waals surface area contributed by atoms with Crippen LogP contribution in [-0.4, -0.2) is 17.7 Å². The number of nitrogens with one attached hydrogen (secondary N) is 1. The van der Waals surface area contributed by atoms with Crippen LogP contribution in [-0.2, 0) is 6.54 Å². The van der Waals surface area contributed by atoms with Crippen molar-refractivity contribution in [3.63, 3.8) is 0 Å². The number of rotatable bonds is 7. The molecule has 1 heterocycles. The molecule has 2 nitrogen and oxygen atoms in total. The van der Waals surface area contributed by atoms with Crippen LogP contribution >= 0.6 is 0 Å². The molecule has 0 saturated carbocycles. The van der Waals surface area contributed by atoms with Gasteiger partial charge in [-0.2, -0.15) is 0 Å². The SMILES string of the molecule is C/C=C(\CC)CNCC(C)Cn1c2ccccc2c2ccccc21. The first-order valence-electron chi connectivity index (χ1n) is 9.05. The molecule has 3 rings (SSSR count). The van der Waals surface area contributed by atoms with E-state index in [9.17, 15) is 0 Å². The number of aromatic nitrogens is 1. The normalized spacial score (nSPS) is 13.7. The standard InChI is InChI=1S/C22H28N2/c1-4-18(5-2)15-23-14-17(3)16-24-21-12-8-6-10-19(21)20-11-7-9-13-22(20)24/h4,6-13,17,23H,5,14-16H2,1-3H3/b18-4+. The van der Waals surface area contributed by atoms with E-state index in [-0.39, 0.29) is 0 Å². The van der Waals surface area contributed by atoms with Gasteiger partial charge in [0.2, 0.25) is 0 Å². The highest BCUT2D eigenvalue weighted by molar-refractivity contribution is 6.07. The Morgan fingerprint density at radius 2 is 1.62 bits per heavy atom. The molecular formula is C22H28N2.